The number of nitrogens with one attached hydrogen (secondary N) is 1. The molecule has 0 aromatic carbocycles. The highest BCUT2D eigenvalue weighted by Crippen LogP contribution is 2.28. The molecular weight excluding hydrogens is 296 g/mol. The van der Waals surface area contributed by atoms with Crippen LogP contribution in [-0.4, -0.2) is 28.0 Å². The molecule has 0 saturated carbocycles. The average molecular weight is 333 g/mol. The Morgan fingerprint density at radius 1 is 1.33 bits per heavy atom. The third kappa shape index (κ3) is 5.43. The van der Waals surface area contributed by atoms with Crippen molar-refractivity contribution in [2.45, 2.75) is 66.3 Å². The van der Waals surface area contributed by atoms with Crippen LogP contribution in [0.5, 0.6) is 0 Å². The molecule has 1 N–H and O–H groups in total. The lowest BCUT2D eigenvalue weighted by molar-refractivity contribution is 0.452. The second-order valence-corrected chi connectivity index (χ2v) is 6.88. The van der Waals surface area contributed by atoms with Gasteiger partial charge < -0.3 is 14.8 Å². The quantitative estimate of drug-likeness (QED) is 0.575. The average Bonchev–Trinajstić information content (AvgIpc) is 2.87. The van der Waals surface area contributed by atoms with Crippen molar-refractivity contribution in [1.82, 2.24) is 14.5 Å². The number of hydrogen-bond donors (Lipinski definition) is 1. The number of aromatic nitrogens is 2. The molecule has 0 atom stereocenters. The third-order valence-corrected chi connectivity index (χ3v) is 4.27. The second kappa shape index (κ2) is 10.2. The Balaban J connectivity index is 3.23. The summed E-state index contributed by atoms with van der Waals surface area (Å²) >= 11 is 0. The maximum absolute atomic E-state index is 4.84. The van der Waals surface area contributed by atoms with Gasteiger partial charge in [-0.05, 0) is 31.4 Å². The Bertz CT molecular complexity index is 528. The first-order valence-corrected chi connectivity index (χ1v) is 9.33. The number of imidazole rings is 1. The fourth-order valence-electron chi connectivity index (χ4n) is 2.74. The van der Waals surface area contributed by atoms with Gasteiger partial charge >= 0.3 is 0 Å². The molecule has 0 aliphatic rings. The molecule has 0 saturated heterocycles. The molecule has 1 aromatic rings. The van der Waals surface area contributed by atoms with E-state index in [0.29, 0.717) is 5.92 Å². The van der Waals surface area contributed by atoms with Gasteiger partial charge in [-0.15, -0.1) is 0 Å². The van der Waals surface area contributed by atoms with Crippen LogP contribution >= 0.6 is 0 Å². The molecule has 1 rings (SSSR count). The Labute approximate surface area is 148 Å². The molecule has 0 radical (unpaired) electrons. The van der Waals surface area contributed by atoms with Gasteiger partial charge in [-0.25, -0.2) is 4.98 Å². The standard InChI is InChI=1S/C20H36N4/c1-8-11-14-23(7)17(6)19-20(21-10-3)22-18(12-9-2)24(19)15-13-16(4)5/h10,16,21H,3,6,8-9,11-15H2,1-2,4-5,7H3. The molecule has 0 spiro atoms. The SMILES string of the molecule is C=CNc1nc(CCC)n(CCC(C)C)c1C(=C)N(C)CCCC. The van der Waals surface area contributed by atoms with E-state index in [4.69, 9.17) is 4.98 Å². The van der Waals surface area contributed by atoms with Crippen LogP contribution in [0, 0.1) is 5.92 Å². The lowest BCUT2D eigenvalue weighted by Gasteiger charge is -2.24. The second-order valence-electron chi connectivity index (χ2n) is 6.88. The summed E-state index contributed by atoms with van der Waals surface area (Å²) in [4.78, 5) is 7.09. The van der Waals surface area contributed by atoms with Crippen LogP contribution in [0.4, 0.5) is 5.82 Å². The van der Waals surface area contributed by atoms with Gasteiger partial charge in [0, 0.05) is 26.6 Å². The molecule has 136 valence electrons. The molecule has 0 unspecified atom stereocenters. The van der Waals surface area contributed by atoms with E-state index >= 15 is 0 Å². The minimum atomic E-state index is 0.664. The van der Waals surface area contributed by atoms with Crippen molar-refractivity contribution >= 4 is 11.5 Å². The molecule has 0 fully saturated rings. The van der Waals surface area contributed by atoms with Gasteiger partial charge in [-0.2, -0.15) is 0 Å². The largest absolute Gasteiger partial charge is 0.373 e. The zero-order chi connectivity index (χ0) is 18.1. The van der Waals surface area contributed by atoms with E-state index in [1.807, 2.05) is 0 Å². The van der Waals surface area contributed by atoms with Gasteiger partial charge in [0.25, 0.3) is 0 Å². The zero-order valence-electron chi connectivity index (χ0n) is 16.4. The minimum Gasteiger partial charge on any atom is -0.373 e. The van der Waals surface area contributed by atoms with E-state index in [1.165, 1.54) is 12.8 Å². The fraction of sp³-hybridized carbons (Fsp3) is 0.650. The fourth-order valence-corrected chi connectivity index (χ4v) is 2.74. The van der Waals surface area contributed by atoms with Crippen LogP contribution in [0.1, 0.15) is 64.9 Å². The van der Waals surface area contributed by atoms with Gasteiger partial charge in [0.2, 0.25) is 0 Å². The number of hydrogen-bond acceptors (Lipinski definition) is 3. The van der Waals surface area contributed by atoms with Gasteiger partial charge in [0.15, 0.2) is 5.82 Å². The highest BCUT2D eigenvalue weighted by atomic mass is 15.2. The molecule has 1 aromatic heterocycles. The van der Waals surface area contributed by atoms with E-state index in [-0.39, 0.29) is 0 Å². The number of nitrogens with zero attached hydrogens (tertiary/aromatic N) is 3. The van der Waals surface area contributed by atoms with E-state index in [1.54, 1.807) is 6.20 Å². The summed E-state index contributed by atoms with van der Waals surface area (Å²) in [6, 6.07) is 0. The van der Waals surface area contributed by atoms with Crippen LogP contribution in [0.2, 0.25) is 0 Å². The van der Waals surface area contributed by atoms with Gasteiger partial charge in [0.05, 0.1) is 5.70 Å². The van der Waals surface area contributed by atoms with Crippen LogP contribution in [0.15, 0.2) is 19.4 Å². The van der Waals surface area contributed by atoms with Crippen molar-refractivity contribution in [3.63, 3.8) is 0 Å². The van der Waals surface area contributed by atoms with E-state index < -0.39 is 0 Å². The Kier molecular flexibility index (Phi) is 8.66. The van der Waals surface area contributed by atoms with Crippen LogP contribution in [0.25, 0.3) is 5.70 Å². The summed E-state index contributed by atoms with van der Waals surface area (Å²) in [7, 11) is 2.12. The maximum Gasteiger partial charge on any atom is 0.158 e. The predicted molar refractivity (Wildman–Crippen MR) is 106 cm³/mol. The summed E-state index contributed by atoms with van der Waals surface area (Å²) in [5.41, 5.74) is 2.14. The summed E-state index contributed by atoms with van der Waals surface area (Å²) in [6.07, 6.45) is 7.26. The number of rotatable bonds is 12. The van der Waals surface area contributed by atoms with Crippen molar-refractivity contribution in [2.24, 2.45) is 5.92 Å². The molecule has 0 aliphatic carbocycles. The zero-order valence-corrected chi connectivity index (χ0v) is 16.4. The van der Waals surface area contributed by atoms with Crippen molar-refractivity contribution in [2.75, 3.05) is 18.9 Å². The maximum atomic E-state index is 4.84. The van der Waals surface area contributed by atoms with Crippen LogP contribution < -0.4 is 5.32 Å². The van der Waals surface area contributed by atoms with Crippen molar-refractivity contribution < 1.29 is 0 Å². The first-order valence-electron chi connectivity index (χ1n) is 9.33. The monoisotopic (exact) mass is 332 g/mol. The van der Waals surface area contributed by atoms with E-state index in [0.717, 1.165) is 55.4 Å². The van der Waals surface area contributed by atoms with Crippen molar-refractivity contribution in [1.29, 1.82) is 0 Å². The van der Waals surface area contributed by atoms with Crippen LogP contribution in [0.3, 0.4) is 0 Å². The molecule has 4 heteroatoms. The lowest BCUT2D eigenvalue weighted by atomic mass is 10.1. The smallest absolute Gasteiger partial charge is 0.158 e. The topological polar surface area (TPSA) is 33.1 Å². The molecule has 1 heterocycles. The van der Waals surface area contributed by atoms with Gasteiger partial charge in [-0.3, -0.25) is 0 Å². The molecule has 0 bridgehead atoms. The van der Waals surface area contributed by atoms with Crippen molar-refractivity contribution in [3.8, 4) is 0 Å². The summed E-state index contributed by atoms with van der Waals surface area (Å²) < 4.78 is 2.36. The van der Waals surface area contributed by atoms with Crippen LogP contribution in [-0.2, 0) is 13.0 Å². The Morgan fingerprint density at radius 2 is 2.04 bits per heavy atom. The van der Waals surface area contributed by atoms with Gasteiger partial charge in [-0.1, -0.05) is 47.3 Å². The molecule has 0 aliphatic heterocycles. The highest BCUT2D eigenvalue weighted by Gasteiger charge is 2.20. The summed E-state index contributed by atoms with van der Waals surface area (Å²) in [5, 5.41) is 3.22. The number of aryl methyl sites for hydroxylation is 1. The predicted octanol–water partition coefficient (Wildman–Crippen LogP) is 5.14. The molecule has 4 nitrogen and oxygen atoms in total. The minimum absolute atomic E-state index is 0.664. The third-order valence-electron chi connectivity index (χ3n) is 4.27. The highest BCUT2D eigenvalue weighted by molar-refractivity contribution is 5.70. The lowest BCUT2D eigenvalue weighted by Crippen LogP contribution is -2.21. The number of anilines is 1. The normalized spacial score (nSPS) is 10.9. The summed E-state index contributed by atoms with van der Waals surface area (Å²) in [5.74, 6) is 2.68. The summed E-state index contributed by atoms with van der Waals surface area (Å²) in [6.45, 7) is 19.1. The molecule has 24 heavy (non-hydrogen) atoms. The van der Waals surface area contributed by atoms with E-state index in [9.17, 15) is 0 Å². The Hall–Kier alpha value is -1.71. The van der Waals surface area contributed by atoms with Crippen molar-refractivity contribution in [3.05, 3.63) is 30.9 Å². The first-order chi connectivity index (χ1) is 11.5. The number of unbranched alkanes of at least 4 members (excludes halogenated alkanes) is 1. The molecular formula is C20H36N4. The van der Waals surface area contributed by atoms with E-state index in [2.05, 4.69) is 62.7 Å². The Morgan fingerprint density at radius 3 is 2.58 bits per heavy atom. The van der Waals surface area contributed by atoms with Gasteiger partial charge in [0.1, 0.15) is 11.5 Å². The first kappa shape index (κ1) is 20.3. The molecule has 0 amide bonds.